The molecular weight excluding hydrogens is 424 g/mol. The first-order valence-electron chi connectivity index (χ1n) is 9.84. The number of H-pyrrole nitrogens is 1. The van der Waals surface area contributed by atoms with Crippen LogP contribution in [0.2, 0.25) is 0 Å². The zero-order valence-corrected chi connectivity index (χ0v) is 18.5. The Morgan fingerprint density at radius 1 is 1.17 bits per heavy atom. The van der Waals surface area contributed by atoms with Crippen LogP contribution in [0.4, 0.5) is 0 Å². The van der Waals surface area contributed by atoms with Crippen LogP contribution >= 0.6 is 10.6 Å². The van der Waals surface area contributed by atoms with Crippen LogP contribution in [0, 0.1) is 0 Å². The molecule has 30 heavy (non-hydrogen) atoms. The van der Waals surface area contributed by atoms with E-state index in [0.29, 0.717) is 18.8 Å². The summed E-state index contributed by atoms with van der Waals surface area (Å²) in [6.45, 7) is 4.21. The molecule has 1 aliphatic heterocycles. The van der Waals surface area contributed by atoms with E-state index in [0.717, 1.165) is 27.9 Å². The maximum Gasteiger partial charge on any atom is 0.258 e. The third kappa shape index (κ3) is 4.37. The Balaban J connectivity index is 1.56. The van der Waals surface area contributed by atoms with Crippen molar-refractivity contribution in [3.63, 3.8) is 0 Å². The number of pyridine rings is 2. The summed E-state index contributed by atoms with van der Waals surface area (Å²) in [5.41, 5.74) is 3.62. The van der Waals surface area contributed by atoms with Crippen LogP contribution in [0.1, 0.15) is 38.3 Å². The fourth-order valence-corrected chi connectivity index (χ4v) is 6.38. The molecule has 0 radical (unpaired) electrons. The van der Waals surface area contributed by atoms with Gasteiger partial charge in [0.15, 0.2) is 5.03 Å². The highest BCUT2D eigenvalue weighted by Crippen LogP contribution is 2.44. The average molecular weight is 451 g/mol. The molecule has 162 valence electrons. The molecule has 8 nitrogen and oxygen atoms in total. The fourth-order valence-electron chi connectivity index (χ4n) is 3.61. The van der Waals surface area contributed by atoms with E-state index in [4.69, 9.17) is 0 Å². The number of nitrogens with zero attached hydrogens (tertiary/aromatic N) is 2. The van der Waals surface area contributed by atoms with Crippen LogP contribution in [0.15, 0.2) is 41.7 Å². The lowest BCUT2D eigenvalue weighted by molar-refractivity contribution is 0.444. The Hall–Kier alpha value is -1.98. The minimum Gasteiger partial charge on any atom is -0.343 e. The number of fused-ring (bicyclic) bond motifs is 1. The topological polar surface area (TPSA) is 128 Å². The molecule has 10 heteroatoms. The highest BCUT2D eigenvalue weighted by molar-refractivity contribution is 8.24. The molecule has 4 rings (SSSR count). The van der Waals surface area contributed by atoms with Crippen molar-refractivity contribution in [2.75, 3.05) is 11.5 Å². The Labute approximate surface area is 177 Å². The molecular formula is C20H26N4O4S2. The molecule has 0 amide bonds. The fraction of sp³-hybridized carbons (Fsp3) is 0.400. The zero-order chi connectivity index (χ0) is 21.5. The van der Waals surface area contributed by atoms with Crippen LogP contribution in [0.3, 0.4) is 0 Å². The summed E-state index contributed by atoms with van der Waals surface area (Å²) in [4.78, 5) is 11.9. The van der Waals surface area contributed by atoms with E-state index in [1.807, 2.05) is 6.07 Å². The highest BCUT2D eigenvalue weighted by Gasteiger charge is 2.28. The molecule has 0 saturated carbocycles. The van der Waals surface area contributed by atoms with Crippen LogP contribution in [0.25, 0.3) is 22.2 Å². The molecule has 0 unspecified atom stereocenters. The molecule has 4 N–H and O–H groups in total. The van der Waals surface area contributed by atoms with Crippen LogP contribution in [-0.4, -0.2) is 50.0 Å². The maximum atomic E-state index is 12.7. The number of aromatic nitrogens is 3. The van der Waals surface area contributed by atoms with Crippen LogP contribution in [0.5, 0.6) is 0 Å². The quantitative estimate of drug-likeness (QED) is 0.466. The SMILES string of the molecule is CC(C)c1cc2c(-c3ccc(S(=O)(=O)NC4CCS(O)(O)CC4)nc3)ccnc2[nH]1. The van der Waals surface area contributed by atoms with Gasteiger partial charge in [-0.2, -0.15) is 10.6 Å². The van der Waals surface area contributed by atoms with Crippen molar-refractivity contribution in [2.24, 2.45) is 0 Å². The van der Waals surface area contributed by atoms with Crippen molar-refractivity contribution in [3.8, 4) is 11.1 Å². The van der Waals surface area contributed by atoms with Gasteiger partial charge >= 0.3 is 0 Å². The van der Waals surface area contributed by atoms with E-state index >= 15 is 0 Å². The summed E-state index contributed by atoms with van der Waals surface area (Å²) < 4.78 is 47.4. The second-order valence-corrected chi connectivity index (χ2v) is 12.1. The highest BCUT2D eigenvalue weighted by atomic mass is 32.3. The molecule has 3 aromatic rings. The van der Waals surface area contributed by atoms with Crippen molar-refractivity contribution in [3.05, 3.63) is 42.4 Å². The number of aromatic amines is 1. The lowest BCUT2D eigenvalue weighted by Crippen LogP contribution is -2.40. The molecule has 0 bridgehead atoms. The number of nitrogens with one attached hydrogen (secondary N) is 2. The van der Waals surface area contributed by atoms with Crippen molar-refractivity contribution in [2.45, 2.75) is 43.7 Å². The molecule has 0 spiro atoms. The molecule has 1 saturated heterocycles. The van der Waals surface area contributed by atoms with Crippen LogP contribution < -0.4 is 4.72 Å². The Morgan fingerprint density at radius 3 is 2.53 bits per heavy atom. The van der Waals surface area contributed by atoms with E-state index in [-0.39, 0.29) is 22.6 Å². The van der Waals surface area contributed by atoms with Gasteiger partial charge in [-0.25, -0.2) is 23.1 Å². The summed E-state index contributed by atoms with van der Waals surface area (Å²) >= 11 is 0. The molecule has 1 aliphatic rings. The Bertz CT molecular complexity index is 1150. The lowest BCUT2D eigenvalue weighted by Gasteiger charge is -2.39. The van der Waals surface area contributed by atoms with Gasteiger partial charge < -0.3 is 4.98 Å². The van der Waals surface area contributed by atoms with Gasteiger partial charge in [-0.1, -0.05) is 13.8 Å². The summed E-state index contributed by atoms with van der Waals surface area (Å²) in [7, 11) is -6.33. The van der Waals surface area contributed by atoms with Gasteiger partial charge in [-0.05, 0) is 48.6 Å². The summed E-state index contributed by atoms with van der Waals surface area (Å²) in [6, 6.07) is 6.89. The lowest BCUT2D eigenvalue weighted by atomic mass is 10.0. The molecule has 0 atom stereocenters. The third-order valence-corrected chi connectivity index (χ3v) is 8.62. The number of sulfonamides is 1. The molecule has 1 fully saturated rings. The monoisotopic (exact) mass is 450 g/mol. The van der Waals surface area contributed by atoms with Gasteiger partial charge in [0, 0.05) is 46.6 Å². The van der Waals surface area contributed by atoms with Crippen molar-refractivity contribution < 1.29 is 17.5 Å². The molecule has 3 aromatic heterocycles. The van der Waals surface area contributed by atoms with Crippen LogP contribution in [-0.2, 0) is 10.0 Å². The number of rotatable bonds is 5. The van der Waals surface area contributed by atoms with Gasteiger partial charge in [0.1, 0.15) is 5.65 Å². The van der Waals surface area contributed by atoms with Gasteiger partial charge in [-0.3, -0.25) is 9.11 Å². The maximum absolute atomic E-state index is 12.7. The zero-order valence-electron chi connectivity index (χ0n) is 16.9. The normalized spacial score (nSPS) is 18.7. The minimum atomic E-state index is -3.78. The van der Waals surface area contributed by atoms with E-state index in [9.17, 15) is 17.5 Å². The van der Waals surface area contributed by atoms with Gasteiger partial charge in [-0.15, -0.1) is 0 Å². The van der Waals surface area contributed by atoms with E-state index < -0.39 is 20.6 Å². The van der Waals surface area contributed by atoms with Gasteiger partial charge in [0.25, 0.3) is 10.0 Å². The standard InChI is InChI=1S/C20H26N4O4S2/c1-13(2)18-11-17-16(5-8-21-20(17)23-18)14-3-4-19(22-12-14)30(27,28)24-15-6-9-29(25,26)10-7-15/h3-5,8,11-13,15,24-26H,6-7,9-10H2,1-2H3,(H,21,23). The smallest absolute Gasteiger partial charge is 0.258 e. The second-order valence-electron chi connectivity index (χ2n) is 7.99. The first-order chi connectivity index (χ1) is 14.1. The van der Waals surface area contributed by atoms with Crippen molar-refractivity contribution >= 4 is 31.6 Å². The first kappa shape index (κ1) is 21.3. The summed E-state index contributed by atoms with van der Waals surface area (Å²) in [5.74, 6) is 0.783. The Morgan fingerprint density at radius 2 is 1.90 bits per heavy atom. The van der Waals surface area contributed by atoms with Crippen molar-refractivity contribution in [1.29, 1.82) is 0 Å². The molecule has 0 aliphatic carbocycles. The molecule has 4 heterocycles. The summed E-state index contributed by atoms with van der Waals surface area (Å²) in [5, 5.41) is 0.920. The summed E-state index contributed by atoms with van der Waals surface area (Å²) in [6.07, 6.45) is 4.08. The van der Waals surface area contributed by atoms with Gasteiger partial charge in [0.2, 0.25) is 0 Å². The third-order valence-electron chi connectivity index (χ3n) is 5.41. The first-order valence-corrected chi connectivity index (χ1v) is 13.2. The number of hydrogen-bond acceptors (Lipinski definition) is 6. The van der Waals surface area contributed by atoms with E-state index in [1.165, 1.54) is 6.07 Å². The largest absolute Gasteiger partial charge is 0.343 e. The second kappa shape index (κ2) is 7.93. The predicted octanol–water partition coefficient (Wildman–Crippen LogP) is 3.94. The average Bonchev–Trinajstić information content (AvgIpc) is 3.14. The minimum absolute atomic E-state index is 0.0503. The Kier molecular flexibility index (Phi) is 5.62. The molecule has 0 aromatic carbocycles. The van der Waals surface area contributed by atoms with Crippen molar-refractivity contribution in [1.82, 2.24) is 19.7 Å². The van der Waals surface area contributed by atoms with E-state index in [1.54, 1.807) is 18.5 Å². The number of hydrogen-bond donors (Lipinski definition) is 4. The predicted molar refractivity (Wildman–Crippen MR) is 119 cm³/mol. The van der Waals surface area contributed by atoms with E-state index in [2.05, 4.69) is 39.6 Å². The van der Waals surface area contributed by atoms with Gasteiger partial charge in [0.05, 0.1) is 0 Å².